The number of nitrogens with zero attached hydrogens (tertiary/aromatic N) is 1. The number of amides is 3. The van der Waals surface area contributed by atoms with E-state index in [-0.39, 0.29) is 23.3 Å². The summed E-state index contributed by atoms with van der Waals surface area (Å²) in [6, 6.07) is 7.71. The zero-order valence-corrected chi connectivity index (χ0v) is 13.9. The molecule has 0 unspecified atom stereocenters. The molecule has 0 aromatic heterocycles. The minimum atomic E-state index is -0.337. The lowest BCUT2D eigenvalue weighted by molar-refractivity contribution is -0.123. The van der Waals surface area contributed by atoms with Crippen LogP contribution in [0.3, 0.4) is 0 Å². The van der Waals surface area contributed by atoms with Gasteiger partial charge in [0.2, 0.25) is 0 Å². The summed E-state index contributed by atoms with van der Waals surface area (Å²) in [5.41, 5.74) is 2.58. The number of hydrogen-bond acceptors (Lipinski definition) is 2. The van der Waals surface area contributed by atoms with E-state index in [0.717, 1.165) is 5.56 Å². The van der Waals surface area contributed by atoms with Crippen LogP contribution in [0.5, 0.6) is 0 Å². The quantitative estimate of drug-likeness (QED) is 0.685. The largest absolute Gasteiger partial charge is 0.329 e. The predicted molar refractivity (Wildman–Crippen MR) is 88.2 cm³/mol. The van der Waals surface area contributed by atoms with Gasteiger partial charge in [-0.1, -0.05) is 58.9 Å². The maximum absolute atomic E-state index is 12.3. The predicted octanol–water partition coefficient (Wildman–Crippen LogP) is 3.53. The van der Waals surface area contributed by atoms with Crippen molar-refractivity contribution in [1.29, 1.82) is 0 Å². The lowest BCUT2D eigenvalue weighted by atomic mass is 9.87. The van der Waals surface area contributed by atoms with Gasteiger partial charge in [-0.15, -0.1) is 0 Å². The van der Waals surface area contributed by atoms with Crippen LogP contribution in [0.25, 0.3) is 6.08 Å². The Bertz CT molecular complexity index is 607. The minimum absolute atomic E-state index is 0.0944. The van der Waals surface area contributed by atoms with Gasteiger partial charge >= 0.3 is 6.03 Å². The number of hydrogen-bond donors (Lipinski definition) is 1. The van der Waals surface area contributed by atoms with Crippen LogP contribution < -0.4 is 5.32 Å². The molecule has 1 aromatic carbocycles. The summed E-state index contributed by atoms with van der Waals surface area (Å²) in [6.45, 7) is 10.9. The number of nitrogens with one attached hydrogen (secondary N) is 1. The molecule has 22 heavy (non-hydrogen) atoms. The molecule has 1 saturated heterocycles. The van der Waals surface area contributed by atoms with E-state index in [4.69, 9.17) is 0 Å². The van der Waals surface area contributed by atoms with Crippen molar-refractivity contribution in [3.05, 3.63) is 41.1 Å². The van der Waals surface area contributed by atoms with E-state index in [2.05, 4.69) is 38.2 Å². The highest BCUT2D eigenvalue weighted by atomic mass is 16.2. The van der Waals surface area contributed by atoms with Crippen LogP contribution in [0.1, 0.15) is 45.7 Å². The zero-order chi connectivity index (χ0) is 16.5. The summed E-state index contributed by atoms with van der Waals surface area (Å²) in [5, 5.41) is 2.65. The van der Waals surface area contributed by atoms with Crippen molar-refractivity contribution in [2.24, 2.45) is 5.92 Å². The van der Waals surface area contributed by atoms with E-state index < -0.39 is 0 Å². The molecule has 0 spiro atoms. The first-order valence-electron chi connectivity index (χ1n) is 7.63. The third kappa shape index (κ3) is 3.56. The van der Waals surface area contributed by atoms with E-state index in [1.165, 1.54) is 10.5 Å². The van der Waals surface area contributed by atoms with Gasteiger partial charge in [0, 0.05) is 6.54 Å². The van der Waals surface area contributed by atoms with Crippen LogP contribution >= 0.6 is 0 Å². The van der Waals surface area contributed by atoms with Crippen molar-refractivity contribution >= 4 is 18.0 Å². The maximum atomic E-state index is 12.3. The van der Waals surface area contributed by atoms with Crippen LogP contribution in [0.4, 0.5) is 4.79 Å². The van der Waals surface area contributed by atoms with Gasteiger partial charge in [0.1, 0.15) is 5.70 Å². The molecule has 1 heterocycles. The van der Waals surface area contributed by atoms with E-state index in [0.29, 0.717) is 12.2 Å². The van der Waals surface area contributed by atoms with Crippen LogP contribution in [0.15, 0.2) is 30.0 Å². The lowest BCUT2D eigenvalue weighted by Gasteiger charge is -2.18. The number of benzene rings is 1. The normalized spacial score (nSPS) is 17.5. The molecule has 1 aliphatic rings. The van der Waals surface area contributed by atoms with Crippen molar-refractivity contribution < 1.29 is 9.59 Å². The minimum Gasteiger partial charge on any atom is -0.303 e. The molecule has 1 aliphatic heterocycles. The van der Waals surface area contributed by atoms with Crippen LogP contribution in [-0.2, 0) is 10.2 Å². The van der Waals surface area contributed by atoms with Crippen LogP contribution in [-0.4, -0.2) is 23.4 Å². The molecule has 3 amide bonds. The molecule has 0 radical (unpaired) electrons. The Morgan fingerprint density at radius 2 is 1.73 bits per heavy atom. The summed E-state index contributed by atoms with van der Waals surface area (Å²) in [7, 11) is 0. The topological polar surface area (TPSA) is 49.4 Å². The molecule has 1 N–H and O–H groups in total. The first-order chi connectivity index (χ1) is 10.2. The highest BCUT2D eigenvalue weighted by Crippen LogP contribution is 2.23. The maximum Gasteiger partial charge on any atom is 0.329 e. The van der Waals surface area contributed by atoms with E-state index >= 15 is 0 Å². The third-order valence-electron chi connectivity index (χ3n) is 3.60. The van der Waals surface area contributed by atoms with Crippen molar-refractivity contribution in [3.63, 3.8) is 0 Å². The summed E-state index contributed by atoms with van der Waals surface area (Å²) >= 11 is 0. The van der Waals surface area contributed by atoms with Gasteiger partial charge in [-0.05, 0) is 28.5 Å². The van der Waals surface area contributed by atoms with Crippen molar-refractivity contribution in [2.75, 3.05) is 6.54 Å². The first-order valence-corrected chi connectivity index (χ1v) is 7.63. The van der Waals surface area contributed by atoms with Gasteiger partial charge in [0.15, 0.2) is 0 Å². The van der Waals surface area contributed by atoms with Gasteiger partial charge in [-0.3, -0.25) is 9.69 Å². The Morgan fingerprint density at radius 3 is 2.23 bits per heavy atom. The Kier molecular flexibility index (Phi) is 4.40. The summed E-state index contributed by atoms with van der Waals surface area (Å²) in [5.74, 6) is -0.00119. The monoisotopic (exact) mass is 300 g/mol. The fourth-order valence-electron chi connectivity index (χ4n) is 2.35. The second-order valence-electron chi connectivity index (χ2n) is 7.17. The molecule has 118 valence electrons. The highest BCUT2D eigenvalue weighted by molar-refractivity contribution is 6.13. The smallest absolute Gasteiger partial charge is 0.303 e. The average Bonchev–Trinajstić information content (AvgIpc) is 2.66. The molecule has 1 aromatic rings. The fraction of sp³-hybridized carbons (Fsp3) is 0.444. The molecular weight excluding hydrogens is 276 g/mol. The number of carbonyl (C=O) groups excluding carboxylic acids is 2. The molecule has 0 atom stereocenters. The van der Waals surface area contributed by atoms with Crippen LogP contribution in [0, 0.1) is 5.92 Å². The van der Waals surface area contributed by atoms with E-state index in [1.54, 1.807) is 6.08 Å². The van der Waals surface area contributed by atoms with Crippen molar-refractivity contribution in [3.8, 4) is 0 Å². The van der Waals surface area contributed by atoms with Crippen LogP contribution in [0.2, 0.25) is 0 Å². The van der Waals surface area contributed by atoms with E-state index in [9.17, 15) is 9.59 Å². The Labute approximate surface area is 132 Å². The van der Waals surface area contributed by atoms with Crippen molar-refractivity contribution in [1.82, 2.24) is 10.2 Å². The number of rotatable bonds is 3. The average molecular weight is 300 g/mol. The molecule has 1 fully saturated rings. The van der Waals surface area contributed by atoms with Gasteiger partial charge < -0.3 is 5.32 Å². The Morgan fingerprint density at radius 1 is 1.14 bits per heavy atom. The summed E-state index contributed by atoms with van der Waals surface area (Å²) in [4.78, 5) is 25.4. The Balaban J connectivity index is 2.20. The van der Waals surface area contributed by atoms with E-state index in [1.807, 2.05) is 26.0 Å². The highest BCUT2D eigenvalue weighted by Gasteiger charge is 2.33. The summed E-state index contributed by atoms with van der Waals surface area (Å²) in [6.07, 6.45) is 1.73. The molecule has 4 heteroatoms. The molecule has 0 saturated carbocycles. The molecular formula is C18H24N2O2. The van der Waals surface area contributed by atoms with Crippen molar-refractivity contribution in [2.45, 2.75) is 40.0 Å². The molecule has 0 aliphatic carbocycles. The lowest BCUT2D eigenvalue weighted by Crippen LogP contribution is -2.34. The number of carbonyl (C=O) groups is 2. The third-order valence-corrected chi connectivity index (χ3v) is 3.60. The molecule has 4 nitrogen and oxygen atoms in total. The second-order valence-corrected chi connectivity index (χ2v) is 7.17. The summed E-state index contributed by atoms with van der Waals surface area (Å²) < 4.78 is 0. The second kappa shape index (κ2) is 5.95. The fourth-order valence-corrected chi connectivity index (χ4v) is 2.35. The van der Waals surface area contributed by atoms with Gasteiger partial charge in [-0.25, -0.2) is 4.79 Å². The standard InChI is InChI=1S/C18H24N2O2/c1-12(2)11-20-16(21)15(19-17(20)22)10-13-6-8-14(9-7-13)18(3,4)5/h6-10,12H,11H2,1-5H3,(H,19,22). The SMILES string of the molecule is CC(C)CN1C(=O)NC(=Cc2ccc(C(C)(C)C)cc2)C1=O. The number of imide groups is 1. The Hall–Kier alpha value is -2.10. The van der Waals surface area contributed by atoms with Gasteiger partial charge in [0.05, 0.1) is 0 Å². The zero-order valence-electron chi connectivity index (χ0n) is 13.9. The molecule has 0 bridgehead atoms. The number of urea groups is 1. The first kappa shape index (κ1) is 16.3. The molecule has 2 rings (SSSR count). The van der Waals surface area contributed by atoms with Gasteiger partial charge in [0.25, 0.3) is 5.91 Å². The van der Waals surface area contributed by atoms with Gasteiger partial charge in [-0.2, -0.15) is 0 Å².